The summed E-state index contributed by atoms with van der Waals surface area (Å²) < 4.78 is 12.7. The van der Waals surface area contributed by atoms with E-state index in [1.165, 1.54) is 28.8 Å². The molecule has 16 heavy (non-hydrogen) atoms. The van der Waals surface area contributed by atoms with Crippen LogP contribution in [-0.2, 0) is 0 Å². The van der Waals surface area contributed by atoms with Gasteiger partial charge < -0.3 is 4.90 Å². The molecule has 0 N–H and O–H groups in total. The lowest BCUT2D eigenvalue weighted by atomic mass is 10.3. The van der Waals surface area contributed by atoms with Crippen LogP contribution >= 0.6 is 11.8 Å². The molecule has 1 unspecified atom stereocenters. The third-order valence-corrected chi connectivity index (χ3v) is 3.15. The Morgan fingerprint density at radius 1 is 1.50 bits per heavy atom. The highest BCUT2D eigenvalue weighted by Gasteiger charge is 2.13. The first-order valence-electron chi connectivity index (χ1n) is 4.87. The predicted octanol–water partition coefficient (Wildman–Crippen LogP) is 3.69. The van der Waals surface area contributed by atoms with Gasteiger partial charge in [-0.3, -0.25) is 4.79 Å². The number of nitrogens with zero attached hydrogens (tertiary/aromatic N) is 1. The zero-order valence-electron chi connectivity index (χ0n) is 9.31. The Labute approximate surface area is 99.1 Å². The van der Waals surface area contributed by atoms with Crippen molar-refractivity contribution in [1.82, 2.24) is 0 Å². The van der Waals surface area contributed by atoms with Crippen LogP contribution in [0.1, 0.15) is 6.92 Å². The van der Waals surface area contributed by atoms with Gasteiger partial charge in [0.15, 0.2) is 0 Å². The van der Waals surface area contributed by atoms with E-state index in [-0.39, 0.29) is 16.3 Å². The highest BCUT2D eigenvalue weighted by molar-refractivity contribution is 8.14. The van der Waals surface area contributed by atoms with Gasteiger partial charge in [-0.05, 0) is 31.2 Å². The van der Waals surface area contributed by atoms with Gasteiger partial charge in [-0.2, -0.15) is 0 Å². The van der Waals surface area contributed by atoms with Gasteiger partial charge in [0.1, 0.15) is 5.82 Å². The fraction of sp³-hybridized carbons (Fsp3) is 0.250. The van der Waals surface area contributed by atoms with Gasteiger partial charge in [-0.25, -0.2) is 4.39 Å². The molecule has 86 valence electrons. The lowest BCUT2D eigenvalue weighted by Gasteiger charge is -2.17. The number of anilines is 1. The molecule has 0 saturated carbocycles. The van der Waals surface area contributed by atoms with Crippen molar-refractivity contribution < 1.29 is 9.18 Å². The van der Waals surface area contributed by atoms with Crippen molar-refractivity contribution in [3.8, 4) is 0 Å². The number of amides is 1. The molecule has 1 rings (SSSR count). The van der Waals surface area contributed by atoms with Crippen LogP contribution in [0.3, 0.4) is 0 Å². The number of carbonyl (C=O) groups is 1. The molecule has 0 saturated heterocycles. The maximum atomic E-state index is 12.7. The summed E-state index contributed by atoms with van der Waals surface area (Å²) in [5.74, 6) is -0.309. The fourth-order valence-electron chi connectivity index (χ4n) is 1.06. The second kappa shape index (κ2) is 5.70. The number of hydrogen-bond acceptors (Lipinski definition) is 2. The van der Waals surface area contributed by atoms with Crippen molar-refractivity contribution in [3.05, 3.63) is 42.7 Å². The van der Waals surface area contributed by atoms with Crippen LogP contribution in [0.2, 0.25) is 0 Å². The lowest BCUT2D eigenvalue weighted by molar-refractivity contribution is 0.266. The summed E-state index contributed by atoms with van der Waals surface area (Å²) in [6, 6.07) is 5.82. The maximum absolute atomic E-state index is 12.7. The van der Waals surface area contributed by atoms with Crippen LogP contribution in [0.15, 0.2) is 36.9 Å². The molecule has 0 bridgehead atoms. The van der Waals surface area contributed by atoms with Crippen LogP contribution in [0, 0.1) is 5.82 Å². The minimum absolute atomic E-state index is 0.0652. The van der Waals surface area contributed by atoms with E-state index >= 15 is 0 Å². The van der Waals surface area contributed by atoms with Crippen LogP contribution in [0.25, 0.3) is 0 Å². The number of hydrogen-bond donors (Lipinski definition) is 0. The summed E-state index contributed by atoms with van der Waals surface area (Å²) in [6.45, 7) is 5.51. The van der Waals surface area contributed by atoms with E-state index in [2.05, 4.69) is 6.58 Å². The second-order valence-electron chi connectivity index (χ2n) is 3.36. The molecule has 0 fully saturated rings. The summed E-state index contributed by atoms with van der Waals surface area (Å²) in [5, 5.41) is -0.0191. The Balaban J connectivity index is 2.70. The lowest BCUT2D eigenvalue weighted by Crippen LogP contribution is -2.23. The third-order valence-electron chi connectivity index (χ3n) is 2.11. The molecule has 0 aromatic heterocycles. The minimum atomic E-state index is -0.309. The van der Waals surface area contributed by atoms with Gasteiger partial charge in [-0.1, -0.05) is 17.8 Å². The topological polar surface area (TPSA) is 20.3 Å². The van der Waals surface area contributed by atoms with Crippen LogP contribution in [-0.4, -0.2) is 17.5 Å². The Bertz CT molecular complexity index is 377. The second-order valence-corrected chi connectivity index (χ2v) is 4.69. The standard InChI is InChI=1S/C12H14FNOS/c1-4-9(2)16-12(15)14(3)11-7-5-10(13)6-8-11/h4-9H,1H2,2-3H3. The van der Waals surface area contributed by atoms with E-state index < -0.39 is 0 Å². The zero-order chi connectivity index (χ0) is 12.1. The first-order valence-corrected chi connectivity index (χ1v) is 5.75. The largest absolute Gasteiger partial charge is 0.306 e. The maximum Gasteiger partial charge on any atom is 0.286 e. The summed E-state index contributed by atoms with van der Waals surface area (Å²) in [4.78, 5) is 13.2. The molecular weight excluding hydrogens is 225 g/mol. The van der Waals surface area contributed by atoms with E-state index in [1.54, 1.807) is 25.3 Å². The summed E-state index contributed by atoms with van der Waals surface area (Å²) in [7, 11) is 1.67. The van der Waals surface area contributed by atoms with Crippen molar-refractivity contribution >= 4 is 22.7 Å². The summed E-state index contributed by atoms with van der Waals surface area (Å²) >= 11 is 1.18. The van der Waals surface area contributed by atoms with Crippen LogP contribution in [0.4, 0.5) is 14.9 Å². The van der Waals surface area contributed by atoms with Crippen molar-refractivity contribution in [1.29, 1.82) is 0 Å². The zero-order valence-corrected chi connectivity index (χ0v) is 10.1. The van der Waals surface area contributed by atoms with Crippen molar-refractivity contribution in [2.75, 3.05) is 11.9 Å². The molecule has 0 radical (unpaired) electrons. The minimum Gasteiger partial charge on any atom is -0.306 e. The Morgan fingerprint density at radius 3 is 2.56 bits per heavy atom. The van der Waals surface area contributed by atoms with Crippen LogP contribution < -0.4 is 4.90 Å². The SMILES string of the molecule is C=CC(C)SC(=O)N(C)c1ccc(F)cc1. The van der Waals surface area contributed by atoms with E-state index in [4.69, 9.17) is 0 Å². The highest BCUT2D eigenvalue weighted by atomic mass is 32.2. The monoisotopic (exact) mass is 239 g/mol. The van der Waals surface area contributed by atoms with E-state index in [0.29, 0.717) is 5.69 Å². The molecule has 4 heteroatoms. The van der Waals surface area contributed by atoms with Gasteiger partial charge >= 0.3 is 0 Å². The predicted molar refractivity (Wildman–Crippen MR) is 67.4 cm³/mol. The number of thioether (sulfide) groups is 1. The Morgan fingerprint density at radius 2 is 2.06 bits per heavy atom. The van der Waals surface area contributed by atoms with Gasteiger partial charge in [0, 0.05) is 18.0 Å². The van der Waals surface area contributed by atoms with E-state index in [9.17, 15) is 9.18 Å². The highest BCUT2D eigenvalue weighted by Crippen LogP contribution is 2.21. The molecular formula is C12H14FNOS. The summed E-state index contributed by atoms with van der Waals surface area (Å²) in [6.07, 6.45) is 1.71. The first kappa shape index (κ1) is 12.8. The molecule has 0 heterocycles. The average Bonchev–Trinajstić information content (AvgIpc) is 2.28. The van der Waals surface area contributed by atoms with Gasteiger partial charge in [0.05, 0.1) is 0 Å². The quantitative estimate of drug-likeness (QED) is 0.750. The number of carbonyl (C=O) groups excluding carboxylic acids is 1. The molecule has 1 atom stereocenters. The molecule has 0 aliphatic carbocycles. The van der Waals surface area contributed by atoms with Gasteiger partial charge in [0.2, 0.25) is 0 Å². The third kappa shape index (κ3) is 3.38. The van der Waals surface area contributed by atoms with E-state index in [1.807, 2.05) is 6.92 Å². The smallest absolute Gasteiger partial charge is 0.286 e. The molecule has 1 aromatic rings. The van der Waals surface area contributed by atoms with Gasteiger partial charge in [0.25, 0.3) is 5.24 Å². The van der Waals surface area contributed by atoms with Crippen molar-refractivity contribution in [2.24, 2.45) is 0 Å². The van der Waals surface area contributed by atoms with Crippen molar-refractivity contribution in [2.45, 2.75) is 12.2 Å². The first-order chi connectivity index (χ1) is 7.54. The number of benzene rings is 1. The van der Waals surface area contributed by atoms with Gasteiger partial charge in [-0.15, -0.1) is 6.58 Å². The summed E-state index contributed by atoms with van der Waals surface area (Å²) in [5.41, 5.74) is 0.676. The molecule has 1 aromatic carbocycles. The Hall–Kier alpha value is -1.29. The average molecular weight is 239 g/mol. The molecule has 0 aliphatic rings. The fourth-order valence-corrected chi connectivity index (χ4v) is 1.73. The Kier molecular flexibility index (Phi) is 4.55. The molecule has 0 spiro atoms. The number of rotatable bonds is 3. The van der Waals surface area contributed by atoms with E-state index in [0.717, 1.165) is 0 Å². The molecule has 0 aliphatic heterocycles. The van der Waals surface area contributed by atoms with Crippen molar-refractivity contribution in [3.63, 3.8) is 0 Å². The molecule has 2 nitrogen and oxygen atoms in total. The molecule has 1 amide bonds. The number of halogens is 1. The van der Waals surface area contributed by atoms with Crippen LogP contribution in [0.5, 0.6) is 0 Å². The normalized spacial score (nSPS) is 11.9.